The number of hydrogen-bond donors (Lipinski definition) is 1. The zero-order valence-electron chi connectivity index (χ0n) is 12.7. The normalized spacial score (nSPS) is 11.1. The van der Waals surface area contributed by atoms with Gasteiger partial charge < -0.3 is 9.80 Å². The number of likely N-dealkylation sites (N-methyl/N-ethyl adjacent to an activating group) is 2. The van der Waals surface area contributed by atoms with Gasteiger partial charge in [-0.3, -0.25) is 9.78 Å². The molecule has 0 aliphatic rings. The first-order chi connectivity index (χ1) is 10.0. The fourth-order valence-corrected chi connectivity index (χ4v) is 2.51. The van der Waals surface area contributed by atoms with E-state index in [2.05, 4.69) is 22.5 Å². The van der Waals surface area contributed by atoms with Crippen molar-refractivity contribution in [3.05, 3.63) is 36.0 Å². The summed E-state index contributed by atoms with van der Waals surface area (Å²) in [5, 5.41) is 0.860. The van der Waals surface area contributed by atoms with E-state index in [-0.39, 0.29) is 5.91 Å². The number of carbonyl (C=O) groups is 1. The van der Waals surface area contributed by atoms with Gasteiger partial charge in [-0.05, 0) is 33.2 Å². The topological polar surface area (TPSA) is 36.4 Å². The van der Waals surface area contributed by atoms with Crippen LogP contribution in [0.3, 0.4) is 0 Å². The van der Waals surface area contributed by atoms with Crippen LogP contribution in [0.5, 0.6) is 0 Å². The Morgan fingerprint density at radius 1 is 1.24 bits per heavy atom. The fraction of sp³-hybridized carbons (Fsp3) is 0.375. The maximum Gasteiger partial charge on any atom is 0.254 e. The Hall–Kier alpha value is -1.59. The van der Waals surface area contributed by atoms with Gasteiger partial charge in [0.15, 0.2) is 0 Å². The molecule has 0 fully saturated rings. The SMILES string of the molecule is CCN(CCN(C)C)C(=O)c1ccnc2c(S)cccc12. The molecule has 0 saturated heterocycles. The van der Waals surface area contributed by atoms with E-state index in [1.807, 2.05) is 44.1 Å². The minimum absolute atomic E-state index is 0.0469. The zero-order chi connectivity index (χ0) is 15.4. The number of thiol groups is 1. The molecule has 2 rings (SSSR count). The predicted octanol–water partition coefficient (Wildman–Crippen LogP) is 2.55. The molecular weight excluding hydrogens is 282 g/mol. The van der Waals surface area contributed by atoms with Crippen molar-refractivity contribution in [1.29, 1.82) is 0 Å². The van der Waals surface area contributed by atoms with Crippen molar-refractivity contribution in [2.24, 2.45) is 0 Å². The van der Waals surface area contributed by atoms with E-state index in [9.17, 15) is 4.79 Å². The van der Waals surface area contributed by atoms with Crippen LogP contribution < -0.4 is 0 Å². The minimum Gasteiger partial charge on any atom is -0.338 e. The number of fused-ring (bicyclic) bond motifs is 1. The number of para-hydroxylation sites is 1. The molecule has 1 aromatic carbocycles. The molecule has 0 aliphatic heterocycles. The number of benzene rings is 1. The van der Waals surface area contributed by atoms with E-state index in [0.717, 1.165) is 22.3 Å². The summed E-state index contributed by atoms with van der Waals surface area (Å²) in [6, 6.07) is 7.50. The number of carbonyl (C=O) groups excluding carboxylic acids is 1. The molecule has 21 heavy (non-hydrogen) atoms. The highest BCUT2D eigenvalue weighted by Crippen LogP contribution is 2.23. The van der Waals surface area contributed by atoms with E-state index in [4.69, 9.17) is 0 Å². The number of rotatable bonds is 5. The van der Waals surface area contributed by atoms with Crippen molar-refractivity contribution in [3.63, 3.8) is 0 Å². The first-order valence-electron chi connectivity index (χ1n) is 7.05. The average molecular weight is 303 g/mol. The van der Waals surface area contributed by atoms with Gasteiger partial charge >= 0.3 is 0 Å². The van der Waals surface area contributed by atoms with Crippen LogP contribution in [0.4, 0.5) is 0 Å². The lowest BCUT2D eigenvalue weighted by Crippen LogP contribution is -2.36. The van der Waals surface area contributed by atoms with Crippen molar-refractivity contribution in [3.8, 4) is 0 Å². The van der Waals surface area contributed by atoms with Gasteiger partial charge in [-0.15, -0.1) is 12.6 Å². The van der Waals surface area contributed by atoms with Crippen LogP contribution in [-0.4, -0.2) is 54.4 Å². The van der Waals surface area contributed by atoms with Crippen molar-refractivity contribution in [2.45, 2.75) is 11.8 Å². The van der Waals surface area contributed by atoms with Gasteiger partial charge in [-0.25, -0.2) is 0 Å². The molecule has 0 aliphatic carbocycles. The number of amides is 1. The lowest BCUT2D eigenvalue weighted by molar-refractivity contribution is 0.0756. The quantitative estimate of drug-likeness (QED) is 0.863. The van der Waals surface area contributed by atoms with Crippen molar-refractivity contribution < 1.29 is 4.79 Å². The fourth-order valence-electron chi connectivity index (χ4n) is 2.24. The number of pyridine rings is 1. The first-order valence-corrected chi connectivity index (χ1v) is 7.50. The summed E-state index contributed by atoms with van der Waals surface area (Å²) >= 11 is 4.41. The van der Waals surface area contributed by atoms with Crippen LogP contribution in [0.1, 0.15) is 17.3 Å². The third-order valence-corrected chi connectivity index (χ3v) is 3.83. The van der Waals surface area contributed by atoms with Crippen LogP contribution in [0.15, 0.2) is 35.4 Å². The van der Waals surface area contributed by atoms with E-state index < -0.39 is 0 Å². The summed E-state index contributed by atoms with van der Waals surface area (Å²) in [5.74, 6) is 0.0469. The largest absolute Gasteiger partial charge is 0.338 e. The second-order valence-electron chi connectivity index (χ2n) is 5.22. The lowest BCUT2D eigenvalue weighted by atomic mass is 10.1. The summed E-state index contributed by atoms with van der Waals surface area (Å²) in [6.07, 6.45) is 1.68. The molecule has 1 heterocycles. The molecule has 0 radical (unpaired) electrons. The Morgan fingerprint density at radius 2 is 2.00 bits per heavy atom. The third-order valence-electron chi connectivity index (χ3n) is 3.47. The highest BCUT2D eigenvalue weighted by atomic mass is 32.1. The predicted molar refractivity (Wildman–Crippen MR) is 89.1 cm³/mol. The molecule has 2 aromatic rings. The molecule has 0 spiro atoms. The molecule has 112 valence electrons. The molecular formula is C16H21N3OS. The highest BCUT2D eigenvalue weighted by molar-refractivity contribution is 7.80. The summed E-state index contributed by atoms with van der Waals surface area (Å²) < 4.78 is 0. The number of hydrogen-bond acceptors (Lipinski definition) is 4. The van der Waals surface area contributed by atoms with Crippen molar-refractivity contribution in [1.82, 2.24) is 14.8 Å². The second kappa shape index (κ2) is 6.91. The molecule has 0 unspecified atom stereocenters. The minimum atomic E-state index is 0.0469. The van der Waals surface area contributed by atoms with E-state index in [1.165, 1.54) is 0 Å². The Bertz CT molecular complexity index is 642. The molecule has 0 N–H and O–H groups in total. The van der Waals surface area contributed by atoms with Crippen LogP contribution in [0.25, 0.3) is 10.9 Å². The maximum absolute atomic E-state index is 12.8. The third kappa shape index (κ3) is 3.54. The molecule has 0 atom stereocenters. The van der Waals surface area contributed by atoms with Crippen LogP contribution >= 0.6 is 12.6 Å². The van der Waals surface area contributed by atoms with Gasteiger partial charge in [0.25, 0.3) is 5.91 Å². The van der Waals surface area contributed by atoms with Gasteiger partial charge in [0.2, 0.25) is 0 Å². The Kier molecular flexibility index (Phi) is 5.20. The molecule has 0 bridgehead atoms. The van der Waals surface area contributed by atoms with Crippen molar-refractivity contribution in [2.75, 3.05) is 33.7 Å². The van der Waals surface area contributed by atoms with Gasteiger partial charge in [0.1, 0.15) is 0 Å². The van der Waals surface area contributed by atoms with Gasteiger partial charge in [0.05, 0.1) is 11.1 Å². The summed E-state index contributed by atoms with van der Waals surface area (Å²) in [6.45, 7) is 4.26. The van der Waals surface area contributed by atoms with E-state index in [0.29, 0.717) is 18.7 Å². The monoisotopic (exact) mass is 303 g/mol. The zero-order valence-corrected chi connectivity index (χ0v) is 13.6. The van der Waals surface area contributed by atoms with Gasteiger partial charge in [-0.1, -0.05) is 12.1 Å². The van der Waals surface area contributed by atoms with Crippen LogP contribution in [0, 0.1) is 0 Å². The number of nitrogens with zero attached hydrogens (tertiary/aromatic N) is 3. The molecule has 1 aromatic heterocycles. The number of aromatic nitrogens is 1. The first kappa shape index (κ1) is 15.8. The lowest BCUT2D eigenvalue weighted by Gasteiger charge is -2.23. The van der Waals surface area contributed by atoms with Gasteiger partial charge in [0, 0.05) is 36.1 Å². The Morgan fingerprint density at radius 3 is 2.67 bits per heavy atom. The molecule has 5 heteroatoms. The average Bonchev–Trinajstić information content (AvgIpc) is 2.47. The van der Waals surface area contributed by atoms with E-state index in [1.54, 1.807) is 12.3 Å². The standard InChI is InChI=1S/C16H21N3OS/c1-4-19(11-10-18(2)3)16(20)13-8-9-17-15-12(13)6-5-7-14(15)21/h5-9,21H,4,10-11H2,1-3H3. The molecule has 1 amide bonds. The van der Waals surface area contributed by atoms with Crippen LogP contribution in [0.2, 0.25) is 0 Å². The molecule has 0 saturated carbocycles. The summed E-state index contributed by atoms with van der Waals surface area (Å²) in [5.41, 5.74) is 1.46. The highest BCUT2D eigenvalue weighted by Gasteiger charge is 2.17. The maximum atomic E-state index is 12.8. The smallest absolute Gasteiger partial charge is 0.254 e. The summed E-state index contributed by atoms with van der Waals surface area (Å²) in [7, 11) is 4.01. The van der Waals surface area contributed by atoms with E-state index >= 15 is 0 Å². The summed E-state index contributed by atoms with van der Waals surface area (Å²) in [4.78, 5) is 21.8. The van der Waals surface area contributed by atoms with Crippen LogP contribution in [-0.2, 0) is 0 Å². The Labute approximate surface area is 131 Å². The van der Waals surface area contributed by atoms with Crippen molar-refractivity contribution >= 4 is 29.4 Å². The molecule has 4 nitrogen and oxygen atoms in total. The van der Waals surface area contributed by atoms with Gasteiger partial charge in [-0.2, -0.15) is 0 Å². The second-order valence-corrected chi connectivity index (χ2v) is 5.70. The Balaban J connectivity index is 2.36.